The summed E-state index contributed by atoms with van der Waals surface area (Å²) in [5, 5.41) is 9.65. The number of epoxide rings is 1. The molecule has 1 N–H and O–H groups in total. The van der Waals surface area contributed by atoms with Crippen molar-refractivity contribution < 1.29 is 19.4 Å². The van der Waals surface area contributed by atoms with Gasteiger partial charge in [-0.1, -0.05) is 0 Å². The third kappa shape index (κ3) is 1.44. The van der Waals surface area contributed by atoms with E-state index in [4.69, 9.17) is 9.47 Å². The molecule has 4 atom stereocenters. The SMILES string of the molecule is CC(=O)O[C@H]1C[C@H](O)[C@]2(C)O[C@@H]2C1. The molecular weight excluding hydrogens is 172 g/mol. The van der Waals surface area contributed by atoms with Gasteiger partial charge in [-0.25, -0.2) is 0 Å². The highest BCUT2D eigenvalue weighted by Gasteiger charge is 2.61. The van der Waals surface area contributed by atoms with Crippen molar-refractivity contribution in [2.75, 3.05) is 0 Å². The Hall–Kier alpha value is -0.610. The number of aliphatic hydroxyl groups excluding tert-OH is 1. The molecule has 2 rings (SSSR count). The Morgan fingerprint density at radius 3 is 2.85 bits per heavy atom. The van der Waals surface area contributed by atoms with E-state index in [2.05, 4.69) is 0 Å². The Balaban J connectivity index is 1.94. The Morgan fingerprint density at radius 1 is 1.62 bits per heavy atom. The smallest absolute Gasteiger partial charge is 0.302 e. The van der Waals surface area contributed by atoms with E-state index in [0.29, 0.717) is 12.8 Å². The van der Waals surface area contributed by atoms with Crippen molar-refractivity contribution in [1.29, 1.82) is 0 Å². The summed E-state index contributed by atoms with van der Waals surface area (Å²) in [5.41, 5.74) is -0.364. The number of fused-ring (bicyclic) bond motifs is 1. The van der Waals surface area contributed by atoms with Crippen LogP contribution in [-0.2, 0) is 14.3 Å². The van der Waals surface area contributed by atoms with Crippen LogP contribution in [0, 0.1) is 0 Å². The second kappa shape index (κ2) is 2.69. The molecule has 2 fully saturated rings. The van der Waals surface area contributed by atoms with Gasteiger partial charge in [0.1, 0.15) is 11.7 Å². The van der Waals surface area contributed by atoms with E-state index in [1.54, 1.807) is 0 Å². The highest BCUT2D eigenvalue weighted by molar-refractivity contribution is 5.66. The van der Waals surface area contributed by atoms with Crippen LogP contribution in [0.2, 0.25) is 0 Å². The molecule has 1 saturated heterocycles. The minimum Gasteiger partial charge on any atom is -0.462 e. The second-order valence-corrected chi connectivity index (χ2v) is 4.01. The fourth-order valence-corrected chi connectivity index (χ4v) is 2.00. The van der Waals surface area contributed by atoms with Gasteiger partial charge in [-0.3, -0.25) is 4.79 Å². The van der Waals surface area contributed by atoms with E-state index in [1.165, 1.54) is 6.92 Å². The van der Waals surface area contributed by atoms with Crippen molar-refractivity contribution in [3.8, 4) is 0 Å². The molecule has 4 heteroatoms. The van der Waals surface area contributed by atoms with Gasteiger partial charge in [0, 0.05) is 19.8 Å². The van der Waals surface area contributed by atoms with Crippen LogP contribution in [0.4, 0.5) is 0 Å². The number of rotatable bonds is 1. The number of carbonyl (C=O) groups is 1. The lowest BCUT2D eigenvalue weighted by atomic mass is 9.86. The Kier molecular flexibility index (Phi) is 1.85. The van der Waals surface area contributed by atoms with Crippen molar-refractivity contribution in [1.82, 2.24) is 0 Å². The fraction of sp³-hybridized carbons (Fsp3) is 0.889. The van der Waals surface area contributed by atoms with Gasteiger partial charge in [0.15, 0.2) is 0 Å². The van der Waals surface area contributed by atoms with Crippen LogP contribution in [0.1, 0.15) is 26.7 Å². The molecular formula is C9H14O4. The van der Waals surface area contributed by atoms with E-state index in [-0.39, 0.29) is 23.8 Å². The largest absolute Gasteiger partial charge is 0.462 e. The van der Waals surface area contributed by atoms with Crippen molar-refractivity contribution in [2.24, 2.45) is 0 Å². The van der Waals surface area contributed by atoms with E-state index < -0.39 is 6.10 Å². The fourth-order valence-electron chi connectivity index (χ4n) is 2.00. The standard InChI is InChI=1S/C9H14O4/c1-5(10)12-6-3-7(11)9(2)8(4-6)13-9/h6-8,11H,3-4H2,1-2H3/t6-,7-,8+,9-/m0/s1. The van der Waals surface area contributed by atoms with Crippen LogP contribution in [-0.4, -0.2) is 35.0 Å². The van der Waals surface area contributed by atoms with E-state index >= 15 is 0 Å². The Bertz CT molecular complexity index is 240. The first kappa shape index (κ1) is 8.97. The first-order valence-corrected chi connectivity index (χ1v) is 4.55. The zero-order valence-electron chi connectivity index (χ0n) is 7.82. The summed E-state index contributed by atoms with van der Waals surface area (Å²) in [6.07, 6.45) is 0.601. The average Bonchev–Trinajstić information content (AvgIpc) is 2.61. The molecule has 0 aromatic rings. The van der Waals surface area contributed by atoms with Gasteiger partial charge in [0.25, 0.3) is 0 Å². The molecule has 0 aromatic heterocycles. The summed E-state index contributed by atoms with van der Waals surface area (Å²) in [7, 11) is 0. The topological polar surface area (TPSA) is 59.1 Å². The van der Waals surface area contributed by atoms with Gasteiger partial charge in [0.05, 0.1) is 12.2 Å². The third-order valence-corrected chi connectivity index (χ3v) is 2.94. The van der Waals surface area contributed by atoms with Crippen LogP contribution in [0.5, 0.6) is 0 Å². The zero-order chi connectivity index (χ0) is 9.64. The average molecular weight is 186 g/mol. The molecule has 74 valence electrons. The molecule has 0 unspecified atom stereocenters. The van der Waals surface area contributed by atoms with E-state index in [1.807, 2.05) is 6.92 Å². The zero-order valence-corrected chi connectivity index (χ0v) is 7.82. The van der Waals surface area contributed by atoms with Gasteiger partial charge in [-0.05, 0) is 6.92 Å². The summed E-state index contributed by atoms with van der Waals surface area (Å²) in [6.45, 7) is 3.28. The normalized spacial score (nSPS) is 48.1. The summed E-state index contributed by atoms with van der Waals surface area (Å²) >= 11 is 0. The number of carbonyl (C=O) groups excluding carboxylic acids is 1. The van der Waals surface area contributed by atoms with Crippen LogP contribution < -0.4 is 0 Å². The maximum Gasteiger partial charge on any atom is 0.302 e. The van der Waals surface area contributed by atoms with Gasteiger partial charge in [-0.2, -0.15) is 0 Å². The summed E-state index contributed by atoms with van der Waals surface area (Å²) < 4.78 is 10.4. The number of hydrogen-bond donors (Lipinski definition) is 1. The quantitative estimate of drug-likeness (QED) is 0.470. The lowest BCUT2D eigenvalue weighted by molar-refractivity contribution is -0.149. The molecule has 0 amide bonds. The monoisotopic (exact) mass is 186 g/mol. The molecule has 4 nitrogen and oxygen atoms in total. The Labute approximate surface area is 76.8 Å². The van der Waals surface area contributed by atoms with Crippen LogP contribution in [0.15, 0.2) is 0 Å². The maximum absolute atomic E-state index is 10.7. The summed E-state index contributed by atoms with van der Waals surface area (Å²) in [4.78, 5) is 10.7. The number of esters is 1. The van der Waals surface area contributed by atoms with Gasteiger partial charge < -0.3 is 14.6 Å². The molecule has 1 aliphatic heterocycles. The van der Waals surface area contributed by atoms with Crippen LogP contribution in [0.25, 0.3) is 0 Å². The highest BCUT2D eigenvalue weighted by Crippen LogP contribution is 2.48. The Morgan fingerprint density at radius 2 is 2.31 bits per heavy atom. The summed E-state index contributed by atoms with van der Waals surface area (Å²) in [6, 6.07) is 0. The molecule has 1 saturated carbocycles. The first-order chi connectivity index (χ1) is 6.02. The van der Waals surface area contributed by atoms with Gasteiger partial charge in [0.2, 0.25) is 0 Å². The number of aliphatic hydroxyl groups is 1. The van der Waals surface area contributed by atoms with Crippen molar-refractivity contribution in [2.45, 2.75) is 50.6 Å². The van der Waals surface area contributed by atoms with Crippen molar-refractivity contribution >= 4 is 5.97 Å². The highest BCUT2D eigenvalue weighted by atomic mass is 16.6. The van der Waals surface area contributed by atoms with Crippen LogP contribution >= 0.6 is 0 Å². The number of hydrogen-bond acceptors (Lipinski definition) is 4. The minimum absolute atomic E-state index is 0.0700. The minimum atomic E-state index is -0.504. The first-order valence-electron chi connectivity index (χ1n) is 4.55. The molecule has 2 aliphatic rings. The maximum atomic E-state index is 10.7. The van der Waals surface area contributed by atoms with E-state index in [0.717, 1.165) is 0 Å². The molecule has 0 aromatic carbocycles. The molecule has 0 spiro atoms. The lowest BCUT2D eigenvalue weighted by Gasteiger charge is -2.26. The van der Waals surface area contributed by atoms with Gasteiger partial charge >= 0.3 is 5.97 Å². The van der Waals surface area contributed by atoms with Crippen molar-refractivity contribution in [3.05, 3.63) is 0 Å². The molecule has 1 heterocycles. The lowest BCUT2D eigenvalue weighted by Crippen LogP contribution is -2.39. The predicted octanol–water partition coefficient (Wildman–Crippen LogP) is 0.230. The molecule has 13 heavy (non-hydrogen) atoms. The van der Waals surface area contributed by atoms with Gasteiger partial charge in [-0.15, -0.1) is 0 Å². The van der Waals surface area contributed by atoms with E-state index in [9.17, 15) is 9.90 Å². The second-order valence-electron chi connectivity index (χ2n) is 4.01. The molecule has 1 aliphatic carbocycles. The molecule has 0 bridgehead atoms. The molecule has 0 radical (unpaired) electrons. The number of ether oxygens (including phenoxy) is 2. The van der Waals surface area contributed by atoms with Crippen molar-refractivity contribution in [3.63, 3.8) is 0 Å². The summed E-state index contributed by atoms with van der Waals surface area (Å²) in [5.74, 6) is -0.290. The third-order valence-electron chi connectivity index (χ3n) is 2.94. The van der Waals surface area contributed by atoms with Crippen LogP contribution in [0.3, 0.4) is 0 Å². The predicted molar refractivity (Wildman–Crippen MR) is 44.1 cm³/mol.